The standard InChI is InChI=1S/C36H31NO12/c1-15(2)9-23(38)47-14-35(3)34(44)49-36(4)13-17-10-16-7-8-18-26(24(16)30(41)25(17)33(43)37(35)36)31(42)27-28(39)19-11-21(45-5)22(46-6)12-20(19)48-32(27)29(18)40/h7-8,10-12,15,41H,9,13-14H2,1-6H3/t35-,36+/m0/s1. The van der Waals surface area contributed by atoms with E-state index >= 15 is 0 Å². The van der Waals surface area contributed by atoms with Crippen LogP contribution in [0.2, 0.25) is 0 Å². The van der Waals surface area contributed by atoms with E-state index < -0.39 is 69.8 Å². The summed E-state index contributed by atoms with van der Waals surface area (Å²) in [6.07, 6.45) is 0.0648. The van der Waals surface area contributed by atoms with E-state index in [2.05, 4.69) is 0 Å². The van der Waals surface area contributed by atoms with E-state index in [9.17, 15) is 33.9 Å². The topological polar surface area (TPSA) is 176 Å². The largest absolute Gasteiger partial charge is 0.506 e. The van der Waals surface area contributed by atoms with Gasteiger partial charge in [0.1, 0.15) is 23.5 Å². The monoisotopic (exact) mass is 669 g/mol. The van der Waals surface area contributed by atoms with Crippen LogP contribution in [-0.4, -0.2) is 71.5 Å². The summed E-state index contributed by atoms with van der Waals surface area (Å²) >= 11 is 0. The molecule has 1 fully saturated rings. The highest BCUT2D eigenvalue weighted by molar-refractivity contribution is 6.32. The average molecular weight is 670 g/mol. The Bertz CT molecular complexity index is 2280. The maximum Gasteiger partial charge on any atom is 0.337 e. The van der Waals surface area contributed by atoms with Crippen LogP contribution in [-0.2, 0) is 25.5 Å². The average Bonchev–Trinajstić information content (AvgIpc) is 3.25. The van der Waals surface area contributed by atoms with Gasteiger partial charge in [-0.3, -0.25) is 28.9 Å². The van der Waals surface area contributed by atoms with Gasteiger partial charge in [-0.15, -0.1) is 0 Å². The van der Waals surface area contributed by atoms with Crippen molar-refractivity contribution in [3.8, 4) is 17.2 Å². The lowest BCUT2D eigenvalue weighted by molar-refractivity contribution is -0.154. The minimum Gasteiger partial charge on any atom is -0.506 e. The van der Waals surface area contributed by atoms with Crippen molar-refractivity contribution in [1.82, 2.24) is 4.90 Å². The van der Waals surface area contributed by atoms with E-state index in [1.54, 1.807) is 13.0 Å². The number of carbonyl (C=O) groups is 5. The van der Waals surface area contributed by atoms with Crippen LogP contribution in [0.15, 0.2) is 39.5 Å². The molecule has 3 aromatic carbocycles. The Labute approximate surface area is 278 Å². The van der Waals surface area contributed by atoms with Gasteiger partial charge in [0.25, 0.3) is 5.91 Å². The van der Waals surface area contributed by atoms with Gasteiger partial charge in [-0.05, 0) is 48.9 Å². The predicted molar refractivity (Wildman–Crippen MR) is 171 cm³/mol. The van der Waals surface area contributed by atoms with Gasteiger partial charge in [0.15, 0.2) is 28.5 Å². The molecule has 2 atom stereocenters. The first-order chi connectivity index (χ1) is 23.1. The summed E-state index contributed by atoms with van der Waals surface area (Å²) < 4.78 is 27.6. The molecule has 4 aromatic rings. The van der Waals surface area contributed by atoms with Crippen molar-refractivity contribution in [1.29, 1.82) is 0 Å². The molecule has 252 valence electrons. The zero-order chi connectivity index (χ0) is 35.3. The second-order valence-corrected chi connectivity index (χ2v) is 13.3. The molecule has 3 aliphatic rings. The zero-order valence-electron chi connectivity index (χ0n) is 27.5. The molecule has 1 aromatic heterocycles. The van der Waals surface area contributed by atoms with Crippen LogP contribution in [0.25, 0.3) is 21.7 Å². The van der Waals surface area contributed by atoms with E-state index in [-0.39, 0.29) is 63.3 Å². The van der Waals surface area contributed by atoms with Gasteiger partial charge in [0, 0.05) is 35.4 Å². The summed E-state index contributed by atoms with van der Waals surface area (Å²) in [5.41, 5.74) is -4.86. The zero-order valence-corrected chi connectivity index (χ0v) is 27.5. The fourth-order valence-electron chi connectivity index (χ4n) is 7.19. The first-order valence-corrected chi connectivity index (χ1v) is 15.5. The van der Waals surface area contributed by atoms with Gasteiger partial charge >= 0.3 is 11.9 Å². The Balaban J connectivity index is 1.38. The Kier molecular flexibility index (Phi) is 6.92. The van der Waals surface area contributed by atoms with E-state index in [4.69, 9.17) is 23.4 Å². The number of hydrogen-bond acceptors (Lipinski definition) is 12. The second-order valence-electron chi connectivity index (χ2n) is 13.3. The number of methoxy groups -OCH3 is 2. The third kappa shape index (κ3) is 4.37. The lowest BCUT2D eigenvalue weighted by Crippen LogP contribution is -2.61. The summed E-state index contributed by atoms with van der Waals surface area (Å²) in [5, 5.41) is 12.0. The molecular weight excluding hydrogens is 638 g/mol. The lowest BCUT2D eigenvalue weighted by atomic mass is 9.80. The van der Waals surface area contributed by atoms with Crippen LogP contribution in [0.4, 0.5) is 0 Å². The molecule has 0 spiro atoms. The SMILES string of the molecule is COc1cc2oc3c(c(=O)c2cc1OC)C(=O)c1c(ccc2cc4c(c(O)c12)C(=O)N1[C@@](C)(C4)OC(=O)[C@]1(C)COC(=O)CC(C)C)C3=O. The number of phenolic OH excluding ortho intramolecular Hbond substituents is 1. The number of ether oxygens (including phenoxy) is 4. The van der Waals surface area contributed by atoms with Gasteiger partial charge in [0.05, 0.1) is 25.2 Å². The van der Waals surface area contributed by atoms with Crippen LogP contribution in [0.1, 0.15) is 82.1 Å². The third-order valence-corrected chi connectivity index (χ3v) is 9.41. The quantitative estimate of drug-likeness (QED) is 0.257. The smallest absolute Gasteiger partial charge is 0.337 e. The number of phenols is 1. The van der Waals surface area contributed by atoms with E-state index in [1.807, 2.05) is 13.8 Å². The Hall–Kier alpha value is -5.72. The molecule has 13 heteroatoms. The van der Waals surface area contributed by atoms with Gasteiger partial charge < -0.3 is 28.5 Å². The number of carbonyl (C=O) groups excluding carboxylic acids is 5. The van der Waals surface area contributed by atoms with E-state index in [1.165, 1.54) is 45.4 Å². The van der Waals surface area contributed by atoms with E-state index in [0.717, 1.165) is 4.90 Å². The first kappa shape index (κ1) is 31.9. The van der Waals surface area contributed by atoms with Crippen molar-refractivity contribution >= 4 is 51.2 Å². The maximum atomic E-state index is 14.3. The molecule has 1 N–H and O–H groups in total. The number of benzene rings is 3. The molecular formula is C36H31NO12. The van der Waals surface area contributed by atoms with Crippen LogP contribution in [0.3, 0.4) is 0 Å². The predicted octanol–water partition coefficient (Wildman–Crippen LogP) is 4.06. The number of nitrogens with zero attached hydrogens (tertiary/aromatic N) is 1. The Morgan fingerprint density at radius 2 is 1.65 bits per heavy atom. The van der Waals surface area contributed by atoms with Crippen molar-refractivity contribution in [3.05, 3.63) is 74.1 Å². The summed E-state index contributed by atoms with van der Waals surface area (Å²) in [5.74, 6) is -4.46. The number of rotatable bonds is 6. The molecule has 1 aliphatic carbocycles. The van der Waals surface area contributed by atoms with Crippen LogP contribution in [0, 0.1) is 5.92 Å². The highest BCUT2D eigenvalue weighted by Gasteiger charge is 2.64. The Morgan fingerprint density at radius 1 is 0.959 bits per heavy atom. The molecule has 13 nitrogen and oxygen atoms in total. The normalized spacial score (nSPS) is 21.0. The third-order valence-electron chi connectivity index (χ3n) is 9.41. The molecule has 1 saturated heterocycles. The van der Waals surface area contributed by atoms with Crippen molar-refractivity contribution < 1.29 is 52.4 Å². The number of ketones is 2. The van der Waals surface area contributed by atoms with Crippen molar-refractivity contribution in [2.24, 2.45) is 5.92 Å². The summed E-state index contributed by atoms with van der Waals surface area (Å²) in [4.78, 5) is 83.1. The van der Waals surface area contributed by atoms with Crippen molar-refractivity contribution in [2.45, 2.75) is 51.8 Å². The summed E-state index contributed by atoms with van der Waals surface area (Å²) in [6, 6.07) is 7.20. The van der Waals surface area contributed by atoms with Crippen LogP contribution < -0.4 is 14.9 Å². The van der Waals surface area contributed by atoms with Crippen LogP contribution in [0.5, 0.6) is 17.2 Å². The number of esters is 2. The first-order valence-electron chi connectivity index (χ1n) is 15.5. The highest BCUT2D eigenvalue weighted by atomic mass is 16.6. The number of hydrogen-bond donors (Lipinski definition) is 1. The fourth-order valence-corrected chi connectivity index (χ4v) is 7.19. The number of amides is 1. The molecule has 0 radical (unpaired) electrons. The number of fused-ring (bicyclic) bond motifs is 7. The van der Waals surface area contributed by atoms with Gasteiger partial charge in [-0.25, -0.2) is 4.79 Å². The van der Waals surface area contributed by atoms with Crippen molar-refractivity contribution in [2.75, 3.05) is 20.8 Å². The Morgan fingerprint density at radius 3 is 2.33 bits per heavy atom. The fraction of sp³-hybridized carbons (Fsp3) is 0.333. The van der Waals surface area contributed by atoms with Gasteiger partial charge in [-0.1, -0.05) is 19.9 Å². The molecule has 2 aliphatic heterocycles. The summed E-state index contributed by atoms with van der Waals surface area (Å²) in [7, 11) is 2.77. The van der Waals surface area contributed by atoms with Gasteiger partial charge in [0.2, 0.25) is 17.0 Å². The molecule has 7 rings (SSSR count). The van der Waals surface area contributed by atoms with Crippen LogP contribution >= 0.6 is 0 Å². The second kappa shape index (κ2) is 10.6. The number of aromatic hydroxyl groups is 1. The molecule has 3 heterocycles. The summed E-state index contributed by atoms with van der Waals surface area (Å²) in [6.45, 7) is 6.15. The molecule has 0 unspecified atom stereocenters. The molecule has 0 saturated carbocycles. The lowest BCUT2D eigenvalue weighted by Gasteiger charge is -2.42. The molecule has 0 bridgehead atoms. The van der Waals surface area contributed by atoms with Gasteiger partial charge in [-0.2, -0.15) is 0 Å². The molecule has 1 amide bonds. The van der Waals surface area contributed by atoms with E-state index in [0.29, 0.717) is 10.9 Å². The minimum absolute atomic E-state index is 0.00116. The minimum atomic E-state index is -1.73. The maximum absolute atomic E-state index is 14.3. The molecule has 49 heavy (non-hydrogen) atoms. The highest BCUT2D eigenvalue weighted by Crippen LogP contribution is 2.48. The van der Waals surface area contributed by atoms with Crippen molar-refractivity contribution in [3.63, 3.8) is 0 Å².